The van der Waals surface area contributed by atoms with E-state index in [2.05, 4.69) is 9.73 Å². The Morgan fingerprint density at radius 1 is 1.11 bits per heavy atom. The summed E-state index contributed by atoms with van der Waals surface area (Å²) in [5.41, 5.74) is 0.304. The van der Waals surface area contributed by atoms with Crippen molar-refractivity contribution in [2.75, 3.05) is 0 Å². The number of hydrogen-bond donors (Lipinski definition) is 0. The summed E-state index contributed by atoms with van der Waals surface area (Å²) in [4.78, 5) is 17.4. The molecule has 0 N–H and O–H groups in total. The summed E-state index contributed by atoms with van der Waals surface area (Å²) >= 11 is 5.42. The highest BCUT2D eigenvalue weighted by atomic mass is 32.1. The number of rotatable bonds is 8. The Hall–Kier alpha value is -3.13. The maximum atomic E-state index is 13.1. The van der Waals surface area contributed by atoms with Crippen LogP contribution in [0.1, 0.15) is 22.2 Å². The van der Waals surface area contributed by atoms with E-state index in [-0.39, 0.29) is 23.1 Å². The molecule has 0 unspecified atom stereocenters. The van der Waals surface area contributed by atoms with Crippen molar-refractivity contribution in [3.05, 3.63) is 84.6 Å². The first-order valence-electron chi connectivity index (χ1n) is 8.33. The van der Waals surface area contributed by atoms with Crippen LogP contribution in [0.15, 0.2) is 82.7 Å². The van der Waals surface area contributed by atoms with Crippen molar-refractivity contribution in [1.82, 2.24) is 0 Å². The van der Waals surface area contributed by atoms with Crippen LogP contribution in [-0.4, -0.2) is 17.4 Å². The lowest BCUT2D eigenvalue weighted by Gasteiger charge is -2.18. The number of halogens is 2. The average molecular weight is 402 g/mol. The van der Waals surface area contributed by atoms with Gasteiger partial charge in [0.05, 0.1) is 12.8 Å². The molecule has 0 amide bonds. The molecule has 0 aliphatic rings. The molecule has 1 aromatic carbocycles. The minimum absolute atomic E-state index is 0.0273. The number of benzene rings is 1. The number of furan rings is 1. The van der Waals surface area contributed by atoms with Gasteiger partial charge in [-0.15, -0.1) is 0 Å². The second-order valence-corrected chi connectivity index (χ2v) is 6.14. The van der Waals surface area contributed by atoms with E-state index >= 15 is 0 Å². The highest BCUT2D eigenvalue weighted by Gasteiger charge is 2.28. The van der Waals surface area contributed by atoms with Gasteiger partial charge in [-0.25, -0.2) is 0 Å². The van der Waals surface area contributed by atoms with Crippen molar-refractivity contribution in [1.29, 1.82) is 0 Å². The topological polar surface area (TPSA) is 55.7 Å². The maximum Gasteiger partial charge on any atom is 0.387 e. The summed E-state index contributed by atoms with van der Waals surface area (Å²) in [7, 11) is 0. The number of aliphatic imine (C=N–C) groups is 1. The Kier molecular flexibility index (Phi) is 6.44. The first-order chi connectivity index (χ1) is 13.5. The number of hydrogen-bond acceptors (Lipinski definition) is 5. The van der Waals surface area contributed by atoms with Crippen molar-refractivity contribution in [3.63, 3.8) is 0 Å². The highest BCUT2D eigenvalue weighted by molar-refractivity contribution is 7.77. The molecule has 2 aromatic heterocycles. The fraction of sp³-hybridized carbons (Fsp3) is 0.150. The van der Waals surface area contributed by atoms with E-state index in [4.69, 9.17) is 17.0 Å². The van der Waals surface area contributed by atoms with E-state index in [9.17, 15) is 13.6 Å². The van der Waals surface area contributed by atoms with Crippen molar-refractivity contribution < 1.29 is 27.3 Å². The molecule has 0 spiro atoms. The van der Waals surface area contributed by atoms with Gasteiger partial charge in [0.15, 0.2) is 12.4 Å². The third kappa shape index (κ3) is 4.98. The standard InChI is InChI=1S/C20H16F2N2O3S/c21-20(22)27-15-8-6-14(7-9-15)18(25)17(24-10-2-1-3-11-24)19(28)23-13-16-5-4-12-26-16/h1-12,17,20H,13H2/t17-/m1/s1. The number of carbonyl (C=O) groups excluding carboxylic acids is 1. The van der Waals surface area contributed by atoms with Gasteiger partial charge in [-0.05, 0) is 41.4 Å². The number of pyridine rings is 1. The van der Waals surface area contributed by atoms with Crippen molar-refractivity contribution >= 4 is 23.5 Å². The highest BCUT2D eigenvalue weighted by Crippen LogP contribution is 2.18. The van der Waals surface area contributed by atoms with E-state index in [0.29, 0.717) is 11.3 Å². The van der Waals surface area contributed by atoms with Gasteiger partial charge >= 0.3 is 6.61 Å². The molecule has 2 heterocycles. The van der Waals surface area contributed by atoms with E-state index in [1.165, 1.54) is 30.5 Å². The molecule has 3 aromatic rings. The van der Waals surface area contributed by atoms with Crippen LogP contribution in [0.3, 0.4) is 0 Å². The summed E-state index contributed by atoms with van der Waals surface area (Å²) < 4.78 is 35.8. The molecule has 0 aliphatic heterocycles. The fourth-order valence-corrected chi connectivity index (χ4v) is 2.86. The van der Waals surface area contributed by atoms with Crippen LogP contribution in [0.2, 0.25) is 0 Å². The Bertz CT molecular complexity index is 930. The Morgan fingerprint density at radius 3 is 2.43 bits per heavy atom. The molecule has 0 saturated carbocycles. The molecular weight excluding hydrogens is 386 g/mol. The van der Waals surface area contributed by atoms with E-state index in [0.717, 1.165) is 0 Å². The SMILES string of the molecule is O=C(c1ccc(OC(F)F)cc1)[C@H](C([S-])=NCc1ccco1)[n+]1ccccc1. The fourth-order valence-electron chi connectivity index (χ4n) is 2.56. The summed E-state index contributed by atoms with van der Waals surface area (Å²) in [5, 5.41) is 0.186. The molecule has 3 rings (SSSR count). The minimum Gasteiger partial charge on any atom is -0.758 e. The third-order valence-corrected chi connectivity index (χ3v) is 4.21. The molecule has 0 saturated heterocycles. The normalized spacial score (nSPS) is 12.8. The van der Waals surface area contributed by atoms with Crippen LogP contribution in [0.4, 0.5) is 8.78 Å². The van der Waals surface area contributed by atoms with Crippen LogP contribution >= 0.6 is 0 Å². The zero-order valence-electron chi connectivity index (χ0n) is 14.6. The zero-order chi connectivity index (χ0) is 19.9. The van der Waals surface area contributed by atoms with Crippen LogP contribution in [-0.2, 0) is 19.2 Å². The van der Waals surface area contributed by atoms with E-state index in [1.54, 1.807) is 41.2 Å². The molecule has 0 radical (unpaired) electrons. The first-order valence-corrected chi connectivity index (χ1v) is 8.74. The van der Waals surface area contributed by atoms with Crippen LogP contribution in [0, 0.1) is 0 Å². The summed E-state index contributed by atoms with van der Waals surface area (Å²) in [6.07, 6.45) is 4.96. The van der Waals surface area contributed by atoms with Crippen LogP contribution < -0.4 is 9.30 Å². The number of ether oxygens (including phenoxy) is 1. The zero-order valence-corrected chi connectivity index (χ0v) is 15.4. The number of nitrogens with zero attached hydrogens (tertiary/aromatic N) is 2. The first kappa shape index (κ1) is 19.6. The van der Waals surface area contributed by atoms with Gasteiger partial charge in [-0.2, -0.15) is 13.3 Å². The predicted octanol–water partition coefficient (Wildman–Crippen LogP) is 3.74. The van der Waals surface area contributed by atoms with E-state index in [1.807, 2.05) is 6.07 Å². The smallest absolute Gasteiger partial charge is 0.387 e. The van der Waals surface area contributed by atoms with Crippen molar-refractivity contribution in [2.45, 2.75) is 19.2 Å². The minimum atomic E-state index is -2.93. The van der Waals surface area contributed by atoms with E-state index < -0.39 is 12.7 Å². The van der Waals surface area contributed by atoms with Gasteiger partial charge < -0.3 is 26.8 Å². The monoisotopic (exact) mass is 402 g/mol. The molecule has 1 atom stereocenters. The quantitative estimate of drug-likeness (QED) is 0.189. The number of ketones is 1. The average Bonchev–Trinajstić information content (AvgIpc) is 3.21. The molecule has 0 bridgehead atoms. The van der Waals surface area contributed by atoms with Crippen molar-refractivity contribution in [2.24, 2.45) is 4.99 Å². The van der Waals surface area contributed by atoms with Gasteiger partial charge in [-0.3, -0.25) is 4.79 Å². The van der Waals surface area contributed by atoms with Gasteiger partial charge in [0, 0.05) is 17.7 Å². The summed E-state index contributed by atoms with van der Waals surface area (Å²) in [5.74, 6) is 0.286. The van der Waals surface area contributed by atoms with Gasteiger partial charge in [0.2, 0.25) is 11.8 Å². The number of carbonyl (C=O) groups is 1. The Balaban J connectivity index is 1.88. The molecule has 28 heavy (non-hydrogen) atoms. The largest absolute Gasteiger partial charge is 0.758 e. The van der Waals surface area contributed by atoms with Crippen molar-refractivity contribution in [3.8, 4) is 5.75 Å². The van der Waals surface area contributed by atoms with Crippen LogP contribution in [0.5, 0.6) is 5.75 Å². The summed E-state index contributed by atoms with van der Waals surface area (Å²) in [6, 6.07) is 13.5. The second kappa shape index (κ2) is 9.18. The molecule has 5 nitrogen and oxygen atoms in total. The number of alkyl halides is 2. The molecular formula is C20H16F2N2O3S. The van der Waals surface area contributed by atoms with Crippen LogP contribution in [0.25, 0.3) is 0 Å². The lowest BCUT2D eigenvalue weighted by molar-refractivity contribution is -0.691. The van der Waals surface area contributed by atoms with Gasteiger partial charge in [0.1, 0.15) is 11.5 Å². The Morgan fingerprint density at radius 2 is 1.82 bits per heavy atom. The van der Waals surface area contributed by atoms with Gasteiger partial charge in [-0.1, -0.05) is 6.07 Å². The Labute approximate surface area is 165 Å². The summed E-state index contributed by atoms with van der Waals surface area (Å²) in [6.45, 7) is -2.72. The van der Waals surface area contributed by atoms with Gasteiger partial charge in [0.25, 0.3) is 0 Å². The molecule has 144 valence electrons. The maximum absolute atomic E-state index is 13.1. The number of Topliss-reactive ketones (excluding diaryl/α,β-unsaturated/α-hetero) is 1. The predicted molar refractivity (Wildman–Crippen MR) is 100 cm³/mol. The lowest BCUT2D eigenvalue weighted by atomic mass is 10.0. The lowest BCUT2D eigenvalue weighted by Crippen LogP contribution is -2.47. The molecule has 0 fully saturated rings. The number of aromatic nitrogens is 1. The second-order valence-electron chi connectivity index (χ2n) is 5.73. The molecule has 8 heteroatoms. The molecule has 0 aliphatic carbocycles. The third-order valence-electron chi connectivity index (χ3n) is 3.85.